The van der Waals surface area contributed by atoms with Crippen molar-refractivity contribution in [2.24, 2.45) is 5.41 Å². The van der Waals surface area contributed by atoms with E-state index in [-0.39, 0.29) is 23.5 Å². The number of amides is 1. The molecule has 1 amide bonds. The molecule has 0 aliphatic carbocycles. The van der Waals surface area contributed by atoms with Gasteiger partial charge in [-0.05, 0) is 48.5 Å². The number of nitrogens with zero attached hydrogens (tertiary/aromatic N) is 1. The molecule has 2 aromatic rings. The summed E-state index contributed by atoms with van der Waals surface area (Å²) in [6.45, 7) is 0.983. The Bertz CT molecular complexity index is 997. The van der Waals surface area contributed by atoms with Gasteiger partial charge >= 0.3 is 6.18 Å². The third-order valence-corrected chi connectivity index (χ3v) is 6.41. The van der Waals surface area contributed by atoms with Gasteiger partial charge in [-0.3, -0.25) is 4.79 Å². The van der Waals surface area contributed by atoms with Gasteiger partial charge in [0.05, 0.1) is 11.3 Å². The molecule has 0 aromatic heterocycles. The van der Waals surface area contributed by atoms with Gasteiger partial charge in [0, 0.05) is 29.8 Å². The third-order valence-electron chi connectivity index (χ3n) is 4.60. The lowest BCUT2D eigenvalue weighted by molar-refractivity contribution is -0.169. The average Bonchev–Trinajstić information content (AvgIpc) is 2.59. The van der Waals surface area contributed by atoms with E-state index in [9.17, 15) is 30.8 Å². The smallest absolute Gasteiger partial charge is 0.322 e. The van der Waals surface area contributed by atoms with Crippen LogP contribution in [0.25, 0.3) is 0 Å². The zero-order chi connectivity index (χ0) is 21.4. The van der Waals surface area contributed by atoms with E-state index in [0.29, 0.717) is 5.69 Å². The van der Waals surface area contributed by atoms with E-state index in [4.69, 9.17) is 0 Å². The second-order valence-corrected chi connectivity index (χ2v) is 9.30. The topological polar surface area (TPSA) is 66.5 Å². The highest BCUT2D eigenvalue weighted by Crippen LogP contribution is 2.42. The Kier molecular flexibility index (Phi) is 5.44. The highest BCUT2D eigenvalue weighted by atomic mass is 32.2. The molecular weight excluding hydrogens is 412 g/mol. The molecule has 29 heavy (non-hydrogen) atoms. The minimum absolute atomic E-state index is 0.0775. The first kappa shape index (κ1) is 21.3. The van der Waals surface area contributed by atoms with Crippen LogP contribution in [0.2, 0.25) is 0 Å². The predicted molar refractivity (Wildman–Crippen MR) is 98.3 cm³/mol. The molecule has 0 bridgehead atoms. The van der Waals surface area contributed by atoms with Gasteiger partial charge in [0.25, 0.3) is 5.91 Å². The summed E-state index contributed by atoms with van der Waals surface area (Å²) in [5.41, 5.74) is -0.578. The van der Waals surface area contributed by atoms with Crippen molar-refractivity contribution < 1.29 is 30.8 Å². The minimum atomic E-state index is -4.35. The van der Waals surface area contributed by atoms with Crippen molar-refractivity contribution in [2.45, 2.75) is 24.4 Å². The third kappa shape index (κ3) is 4.94. The lowest BCUT2D eigenvalue weighted by Crippen LogP contribution is -2.58. The Morgan fingerprint density at radius 2 is 1.62 bits per heavy atom. The first-order valence-corrected chi connectivity index (χ1v) is 10.1. The van der Waals surface area contributed by atoms with Gasteiger partial charge in [0.15, 0.2) is 0 Å². The van der Waals surface area contributed by atoms with Gasteiger partial charge in [-0.15, -0.1) is 0 Å². The van der Waals surface area contributed by atoms with Crippen molar-refractivity contribution >= 4 is 21.6 Å². The van der Waals surface area contributed by atoms with E-state index in [1.807, 2.05) is 0 Å². The maximum Gasteiger partial charge on any atom is 0.389 e. The molecule has 0 spiro atoms. The average molecular weight is 430 g/mol. The molecule has 3 rings (SSSR count). The molecule has 0 atom stereocenters. The van der Waals surface area contributed by atoms with Crippen LogP contribution in [0.15, 0.2) is 53.4 Å². The van der Waals surface area contributed by atoms with Crippen LogP contribution in [0.1, 0.15) is 23.7 Å². The van der Waals surface area contributed by atoms with Crippen LogP contribution in [0.4, 0.5) is 23.2 Å². The largest absolute Gasteiger partial charge is 0.389 e. The van der Waals surface area contributed by atoms with E-state index in [1.54, 1.807) is 0 Å². The number of carbonyl (C=O) groups excluding carboxylic acids is 1. The van der Waals surface area contributed by atoms with E-state index in [0.717, 1.165) is 16.4 Å². The molecular formula is C19H18F4N2O3S. The van der Waals surface area contributed by atoms with Gasteiger partial charge in [-0.25, -0.2) is 12.8 Å². The summed E-state index contributed by atoms with van der Waals surface area (Å²) >= 11 is 0. The summed E-state index contributed by atoms with van der Waals surface area (Å²) in [5, 5.41) is 2.56. The Hall–Kier alpha value is -2.46. The van der Waals surface area contributed by atoms with Crippen LogP contribution in [-0.4, -0.2) is 37.9 Å². The summed E-state index contributed by atoms with van der Waals surface area (Å²) in [7, 11) is -3.92. The summed E-state index contributed by atoms with van der Waals surface area (Å²) in [6.07, 6.45) is -5.39. The first-order chi connectivity index (χ1) is 13.4. The summed E-state index contributed by atoms with van der Waals surface area (Å²) in [6, 6.07) is 10.2. The van der Waals surface area contributed by atoms with Crippen LogP contribution >= 0.6 is 0 Å². The van der Waals surface area contributed by atoms with Gasteiger partial charge < -0.3 is 5.32 Å². The van der Waals surface area contributed by atoms with Crippen molar-refractivity contribution in [3.63, 3.8) is 0 Å². The molecule has 1 saturated heterocycles. The fourth-order valence-electron chi connectivity index (χ4n) is 3.23. The molecule has 1 fully saturated rings. The van der Waals surface area contributed by atoms with E-state index in [2.05, 4.69) is 5.32 Å². The van der Waals surface area contributed by atoms with Crippen molar-refractivity contribution in [2.75, 3.05) is 18.4 Å². The van der Waals surface area contributed by atoms with Gasteiger partial charge in [-0.1, -0.05) is 6.92 Å². The summed E-state index contributed by atoms with van der Waals surface area (Å²) in [5.74, 6) is -0.972. The lowest BCUT2D eigenvalue weighted by Gasteiger charge is -2.47. The van der Waals surface area contributed by atoms with Gasteiger partial charge in [0.2, 0.25) is 10.0 Å². The quantitative estimate of drug-likeness (QED) is 0.728. The number of hydrogen-bond donors (Lipinski definition) is 1. The normalized spacial score (nSPS) is 16.9. The SMILES string of the molecule is CC1(CC(F)(F)F)CN(S(=O)(=O)c2ccc(NC(=O)c3ccc(F)cc3)cc2)C1. The molecule has 0 saturated carbocycles. The number of alkyl halides is 3. The van der Waals surface area contributed by atoms with Crippen LogP contribution in [-0.2, 0) is 10.0 Å². The lowest BCUT2D eigenvalue weighted by atomic mass is 9.80. The monoisotopic (exact) mass is 430 g/mol. The fraction of sp³-hybridized carbons (Fsp3) is 0.316. The van der Waals surface area contributed by atoms with E-state index in [1.165, 1.54) is 43.3 Å². The van der Waals surface area contributed by atoms with Crippen molar-refractivity contribution in [3.8, 4) is 0 Å². The number of benzene rings is 2. The number of carbonyl (C=O) groups is 1. The Morgan fingerprint density at radius 3 is 2.14 bits per heavy atom. The Balaban J connectivity index is 1.65. The van der Waals surface area contributed by atoms with Crippen LogP contribution in [0, 0.1) is 11.2 Å². The molecule has 2 aromatic carbocycles. The Labute approximate surface area is 165 Å². The highest BCUT2D eigenvalue weighted by molar-refractivity contribution is 7.89. The van der Waals surface area contributed by atoms with Crippen LogP contribution in [0.5, 0.6) is 0 Å². The molecule has 10 heteroatoms. The second-order valence-electron chi connectivity index (χ2n) is 7.36. The van der Waals surface area contributed by atoms with Gasteiger partial charge in [0.1, 0.15) is 5.82 Å². The zero-order valence-corrected chi connectivity index (χ0v) is 16.1. The molecule has 1 aliphatic heterocycles. The van der Waals surface area contributed by atoms with E-state index < -0.39 is 39.8 Å². The fourth-order valence-corrected chi connectivity index (χ4v) is 4.98. The number of sulfonamides is 1. The maximum atomic E-state index is 12.9. The molecule has 1 heterocycles. The molecule has 156 valence electrons. The zero-order valence-electron chi connectivity index (χ0n) is 15.3. The van der Waals surface area contributed by atoms with Gasteiger partial charge in [-0.2, -0.15) is 17.5 Å². The van der Waals surface area contributed by atoms with Crippen LogP contribution in [0.3, 0.4) is 0 Å². The number of anilines is 1. The summed E-state index contributed by atoms with van der Waals surface area (Å²) in [4.78, 5) is 12.0. The molecule has 5 nitrogen and oxygen atoms in total. The summed E-state index contributed by atoms with van der Waals surface area (Å²) < 4.78 is 76.8. The van der Waals surface area contributed by atoms with E-state index >= 15 is 0 Å². The maximum absolute atomic E-state index is 12.9. The number of nitrogens with one attached hydrogen (secondary N) is 1. The molecule has 0 unspecified atom stereocenters. The number of halogens is 4. The molecule has 1 N–H and O–H groups in total. The van der Waals surface area contributed by atoms with Crippen molar-refractivity contribution in [1.82, 2.24) is 4.31 Å². The number of rotatable bonds is 5. The van der Waals surface area contributed by atoms with Crippen molar-refractivity contribution in [3.05, 3.63) is 59.9 Å². The second kappa shape index (κ2) is 7.42. The molecule has 1 aliphatic rings. The predicted octanol–water partition coefficient (Wildman–Crippen LogP) is 4.04. The van der Waals surface area contributed by atoms with Crippen LogP contribution < -0.4 is 5.32 Å². The van der Waals surface area contributed by atoms with Crippen molar-refractivity contribution in [1.29, 1.82) is 0 Å². The molecule has 0 radical (unpaired) electrons. The number of hydrogen-bond acceptors (Lipinski definition) is 3. The Morgan fingerprint density at radius 1 is 1.07 bits per heavy atom. The minimum Gasteiger partial charge on any atom is -0.322 e. The standard InChI is InChI=1S/C19H18F4N2O3S/c1-18(10-19(21,22)23)11-25(12-18)29(27,28)16-8-6-15(7-9-16)24-17(26)13-2-4-14(20)5-3-13/h2-9H,10-12H2,1H3,(H,24,26). The highest BCUT2D eigenvalue weighted by Gasteiger charge is 2.50. The first-order valence-electron chi connectivity index (χ1n) is 8.62.